The maximum Gasteiger partial charge on any atom is 0.123 e. The predicted octanol–water partition coefficient (Wildman–Crippen LogP) is 3.22. The van der Waals surface area contributed by atoms with Crippen molar-refractivity contribution in [1.29, 1.82) is 0 Å². The van der Waals surface area contributed by atoms with Gasteiger partial charge in [-0.2, -0.15) is 0 Å². The smallest absolute Gasteiger partial charge is 0.123 e. The highest BCUT2D eigenvalue weighted by Gasteiger charge is 2.24. The summed E-state index contributed by atoms with van der Waals surface area (Å²) in [7, 11) is 0. The minimum Gasteiger partial charge on any atom is -0.508 e. The molecule has 0 radical (unpaired) electrons. The Balaban J connectivity index is 2.13. The molecule has 1 aromatic rings. The number of phenols is 1. The number of phenolic OH excluding ortho intramolecular Hbond substituents is 1. The predicted molar refractivity (Wildman–Crippen MR) is 83.9 cm³/mol. The van der Waals surface area contributed by atoms with Crippen molar-refractivity contribution in [2.24, 2.45) is 0 Å². The summed E-state index contributed by atoms with van der Waals surface area (Å²) in [6.45, 7) is 7.50. The van der Waals surface area contributed by atoms with Crippen LogP contribution in [0.3, 0.4) is 0 Å². The monoisotopic (exact) mass is 292 g/mol. The van der Waals surface area contributed by atoms with Crippen LogP contribution in [0.5, 0.6) is 5.75 Å². The van der Waals surface area contributed by atoms with E-state index in [4.69, 9.17) is 0 Å². The molecule has 21 heavy (non-hydrogen) atoms. The summed E-state index contributed by atoms with van der Waals surface area (Å²) in [5.74, 6) is -0.0855. The van der Waals surface area contributed by atoms with E-state index in [-0.39, 0.29) is 17.6 Å². The summed E-state index contributed by atoms with van der Waals surface area (Å²) in [5.41, 5.74) is 0.718. The fraction of sp³-hybridized carbons (Fsp3) is 0.529. The summed E-state index contributed by atoms with van der Waals surface area (Å²) in [6.07, 6.45) is 6.01. The molecule has 2 rings (SSSR count). The number of rotatable bonds is 7. The van der Waals surface area contributed by atoms with Crippen molar-refractivity contribution in [1.82, 2.24) is 10.2 Å². The van der Waals surface area contributed by atoms with Gasteiger partial charge >= 0.3 is 0 Å². The molecule has 1 fully saturated rings. The molecular formula is C17H25FN2O. The molecule has 2 N–H and O–H groups in total. The molecule has 1 atom stereocenters. The normalized spacial score (nSPS) is 17.6. The Bertz CT molecular complexity index is 458. The van der Waals surface area contributed by atoms with Gasteiger partial charge in [-0.3, -0.25) is 4.90 Å². The van der Waals surface area contributed by atoms with Gasteiger partial charge in [0.1, 0.15) is 11.6 Å². The number of halogens is 1. The molecule has 1 aliphatic heterocycles. The molecular weight excluding hydrogens is 267 g/mol. The third kappa shape index (κ3) is 4.55. The van der Waals surface area contributed by atoms with Crippen molar-refractivity contribution >= 4 is 0 Å². The third-order valence-corrected chi connectivity index (χ3v) is 4.08. The van der Waals surface area contributed by atoms with E-state index in [1.165, 1.54) is 18.2 Å². The van der Waals surface area contributed by atoms with E-state index in [0.717, 1.165) is 57.4 Å². The Morgan fingerprint density at radius 2 is 2.10 bits per heavy atom. The lowest BCUT2D eigenvalue weighted by atomic mass is 9.97. The number of aromatic hydroxyl groups is 1. The second-order valence-electron chi connectivity index (χ2n) is 5.58. The van der Waals surface area contributed by atoms with Crippen LogP contribution in [-0.2, 0) is 0 Å². The van der Waals surface area contributed by atoms with E-state index >= 15 is 0 Å². The first-order chi connectivity index (χ1) is 10.2. The molecule has 0 aromatic heterocycles. The molecule has 1 aliphatic rings. The number of hydrogen-bond acceptors (Lipinski definition) is 3. The van der Waals surface area contributed by atoms with E-state index in [1.54, 1.807) is 0 Å². The summed E-state index contributed by atoms with van der Waals surface area (Å²) in [6, 6.07) is 4.34. The SMILES string of the molecule is C=CCCCC[C@H](c1cc(F)ccc1O)N1CCNCC1. The number of benzene rings is 1. The van der Waals surface area contributed by atoms with Gasteiger partial charge in [-0.15, -0.1) is 6.58 Å². The van der Waals surface area contributed by atoms with Crippen LogP contribution in [0.2, 0.25) is 0 Å². The Morgan fingerprint density at radius 3 is 2.81 bits per heavy atom. The zero-order valence-corrected chi connectivity index (χ0v) is 12.5. The summed E-state index contributed by atoms with van der Waals surface area (Å²) >= 11 is 0. The van der Waals surface area contributed by atoms with Gasteiger partial charge in [0.15, 0.2) is 0 Å². The molecule has 0 unspecified atom stereocenters. The standard InChI is InChI=1S/C17H25FN2O/c1-2-3-4-5-6-16(20-11-9-19-10-12-20)15-13-14(18)7-8-17(15)21/h2,7-8,13,16,19,21H,1,3-6,9-12H2/t16-/m1/s1. The van der Waals surface area contributed by atoms with E-state index < -0.39 is 0 Å². The Morgan fingerprint density at radius 1 is 1.33 bits per heavy atom. The minimum atomic E-state index is -0.283. The van der Waals surface area contributed by atoms with Crippen LogP contribution < -0.4 is 5.32 Å². The highest BCUT2D eigenvalue weighted by atomic mass is 19.1. The first-order valence-electron chi connectivity index (χ1n) is 7.76. The first kappa shape index (κ1) is 16.0. The lowest BCUT2D eigenvalue weighted by Gasteiger charge is -2.35. The molecule has 1 aromatic carbocycles. The first-order valence-corrected chi connectivity index (χ1v) is 7.76. The maximum atomic E-state index is 13.6. The van der Waals surface area contributed by atoms with Crippen LogP contribution in [0.25, 0.3) is 0 Å². The van der Waals surface area contributed by atoms with Gasteiger partial charge < -0.3 is 10.4 Å². The van der Waals surface area contributed by atoms with Crippen molar-refractivity contribution in [2.75, 3.05) is 26.2 Å². The number of nitrogens with zero attached hydrogens (tertiary/aromatic N) is 1. The van der Waals surface area contributed by atoms with Crippen LogP contribution in [0.1, 0.15) is 37.3 Å². The molecule has 0 aliphatic carbocycles. The molecule has 4 heteroatoms. The Kier molecular flexibility index (Phi) is 6.21. The fourth-order valence-electron chi connectivity index (χ4n) is 2.95. The lowest BCUT2D eigenvalue weighted by Crippen LogP contribution is -2.45. The third-order valence-electron chi connectivity index (χ3n) is 4.08. The lowest BCUT2D eigenvalue weighted by molar-refractivity contribution is 0.160. The van der Waals surface area contributed by atoms with Gasteiger partial charge in [-0.1, -0.05) is 12.5 Å². The van der Waals surface area contributed by atoms with E-state index in [1.807, 2.05) is 6.08 Å². The Labute approximate surface area is 126 Å². The topological polar surface area (TPSA) is 35.5 Å². The Hall–Kier alpha value is -1.39. The molecule has 3 nitrogen and oxygen atoms in total. The number of hydrogen-bond donors (Lipinski definition) is 2. The van der Waals surface area contributed by atoms with Gasteiger partial charge in [0.2, 0.25) is 0 Å². The average molecular weight is 292 g/mol. The minimum absolute atomic E-state index is 0.0904. The second-order valence-corrected chi connectivity index (χ2v) is 5.58. The van der Waals surface area contributed by atoms with Crippen molar-refractivity contribution in [3.8, 4) is 5.75 Å². The van der Waals surface area contributed by atoms with E-state index in [0.29, 0.717) is 0 Å². The quantitative estimate of drug-likeness (QED) is 0.598. The summed E-state index contributed by atoms with van der Waals surface area (Å²) < 4.78 is 13.6. The number of allylic oxidation sites excluding steroid dienone is 1. The zero-order chi connectivity index (χ0) is 15.1. The molecule has 0 bridgehead atoms. The van der Waals surface area contributed by atoms with Gasteiger partial charge in [-0.05, 0) is 37.5 Å². The van der Waals surface area contributed by atoms with Gasteiger partial charge in [0.25, 0.3) is 0 Å². The molecule has 116 valence electrons. The highest BCUT2D eigenvalue weighted by molar-refractivity contribution is 5.35. The average Bonchev–Trinajstić information content (AvgIpc) is 2.51. The number of piperazine rings is 1. The second kappa shape index (κ2) is 8.15. The summed E-state index contributed by atoms with van der Waals surface area (Å²) in [5, 5.41) is 13.4. The molecule has 0 spiro atoms. The van der Waals surface area contributed by atoms with E-state index in [2.05, 4.69) is 16.8 Å². The molecule has 0 amide bonds. The number of nitrogens with one attached hydrogen (secondary N) is 1. The number of unbranched alkanes of at least 4 members (excludes halogenated alkanes) is 2. The fourth-order valence-corrected chi connectivity index (χ4v) is 2.95. The van der Waals surface area contributed by atoms with Crippen molar-refractivity contribution < 1.29 is 9.50 Å². The van der Waals surface area contributed by atoms with Gasteiger partial charge in [0, 0.05) is 37.8 Å². The van der Waals surface area contributed by atoms with E-state index in [9.17, 15) is 9.50 Å². The van der Waals surface area contributed by atoms with Crippen molar-refractivity contribution in [3.63, 3.8) is 0 Å². The van der Waals surface area contributed by atoms with Crippen LogP contribution >= 0.6 is 0 Å². The summed E-state index contributed by atoms with van der Waals surface area (Å²) in [4.78, 5) is 2.35. The van der Waals surface area contributed by atoms with Gasteiger partial charge in [-0.25, -0.2) is 4.39 Å². The highest BCUT2D eigenvalue weighted by Crippen LogP contribution is 2.33. The molecule has 1 heterocycles. The largest absolute Gasteiger partial charge is 0.508 e. The molecule has 1 saturated heterocycles. The van der Waals surface area contributed by atoms with Crippen LogP contribution in [-0.4, -0.2) is 36.2 Å². The van der Waals surface area contributed by atoms with Gasteiger partial charge in [0.05, 0.1) is 0 Å². The van der Waals surface area contributed by atoms with Crippen LogP contribution in [0, 0.1) is 5.82 Å². The van der Waals surface area contributed by atoms with Crippen LogP contribution in [0.15, 0.2) is 30.9 Å². The van der Waals surface area contributed by atoms with Crippen LogP contribution in [0.4, 0.5) is 4.39 Å². The zero-order valence-electron chi connectivity index (χ0n) is 12.5. The van der Waals surface area contributed by atoms with Crippen molar-refractivity contribution in [2.45, 2.75) is 31.7 Å². The maximum absolute atomic E-state index is 13.6. The van der Waals surface area contributed by atoms with Crippen molar-refractivity contribution in [3.05, 3.63) is 42.2 Å². The molecule has 0 saturated carbocycles.